The number of likely N-dealkylation sites (tertiary alicyclic amines) is 3. The number of nitriles is 1. The third-order valence-corrected chi connectivity index (χ3v) is 26.5. The zero-order valence-corrected chi connectivity index (χ0v) is 65.7. The van der Waals surface area contributed by atoms with Gasteiger partial charge in [0.2, 0.25) is 52.5 Å². The summed E-state index contributed by atoms with van der Waals surface area (Å²) < 4.78 is 34.2. The molecule has 3 atom stereocenters. The highest BCUT2D eigenvalue weighted by Crippen LogP contribution is 2.52. The molecule has 0 saturated carbocycles. The predicted octanol–water partition coefficient (Wildman–Crippen LogP) is 13.6. The molecular weight excluding hydrogens is 1430 g/mol. The van der Waals surface area contributed by atoms with Gasteiger partial charge in [-0.2, -0.15) is 15.2 Å². The maximum absolute atomic E-state index is 12.8. The minimum atomic E-state index is -1.81. The summed E-state index contributed by atoms with van der Waals surface area (Å²) in [5, 5.41) is 57.0. The maximum atomic E-state index is 12.8. The van der Waals surface area contributed by atoms with Crippen molar-refractivity contribution in [3.63, 3.8) is 0 Å². The normalized spacial score (nSPS) is 18.8. The van der Waals surface area contributed by atoms with Crippen LogP contribution in [0.2, 0.25) is 18.1 Å². The van der Waals surface area contributed by atoms with Gasteiger partial charge < -0.3 is 68.6 Å². The van der Waals surface area contributed by atoms with Crippen molar-refractivity contribution in [1.29, 1.82) is 5.26 Å². The molecule has 5 heterocycles. The summed E-state index contributed by atoms with van der Waals surface area (Å²) >= 11 is 0. The monoisotopic (exact) mass is 1520 g/mol. The van der Waals surface area contributed by atoms with Crippen molar-refractivity contribution in [3.8, 4) is 69.0 Å². The Hall–Kier alpha value is -11.3. The van der Waals surface area contributed by atoms with E-state index in [9.17, 15) is 29.4 Å². The van der Waals surface area contributed by atoms with Gasteiger partial charge in [0.25, 0.3) is 0 Å². The van der Waals surface area contributed by atoms with Gasteiger partial charge in [-0.05, 0) is 174 Å². The molecule has 3 amide bonds. The zero-order valence-electron chi connectivity index (χ0n) is 64.7. The van der Waals surface area contributed by atoms with Crippen molar-refractivity contribution >= 4 is 49.2 Å². The number of carbonyl (C=O) groups is 4. The van der Waals surface area contributed by atoms with E-state index in [1.165, 1.54) is 17.7 Å². The Bertz CT molecular complexity index is 4780. The Labute approximate surface area is 647 Å². The number of amides is 3. The second kappa shape index (κ2) is 33.5. The lowest BCUT2D eigenvalue weighted by atomic mass is 9.80. The molecule has 0 bridgehead atoms. The fourth-order valence-corrected chi connectivity index (χ4v) is 16.9. The lowest BCUT2D eigenvalue weighted by Gasteiger charge is -2.36. The van der Waals surface area contributed by atoms with E-state index in [1.807, 2.05) is 88.9 Å². The molecule has 6 aromatic carbocycles. The van der Waals surface area contributed by atoms with Crippen LogP contribution in [0.5, 0.6) is 17.2 Å². The molecule has 3 saturated heterocycles. The van der Waals surface area contributed by atoms with Gasteiger partial charge in [0.15, 0.2) is 14.2 Å². The van der Waals surface area contributed by atoms with Gasteiger partial charge in [-0.3, -0.25) is 14.4 Å². The summed E-state index contributed by atoms with van der Waals surface area (Å²) in [6.45, 7) is 41.6. The van der Waals surface area contributed by atoms with Crippen molar-refractivity contribution in [2.75, 3.05) is 59.1 Å². The molecule has 3 aliphatic carbocycles. The van der Waals surface area contributed by atoms with Gasteiger partial charge in [0, 0.05) is 103 Å². The third kappa shape index (κ3) is 17.2. The number of hydrogen-bond acceptors (Lipinski definition) is 19. The molecule has 3 fully saturated rings. The first kappa shape index (κ1) is 80.7. The molecule has 6 aliphatic rings. The summed E-state index contributed by atoms with van der Waals surface area (Å²) in [7, 11) is -1.81. The van der Waals surface area contributed by atoms with Crippen molar-refractivity contribution in [1.82, 2.24) is 35.0 Å². The number of nitrogens with zero attached hydrogens (tertiary/aromatic N) is 11. The zero-order chi connectivity index (χ0) is 79.9. The Morgan fingerprint density at radius 1 is 0.613 bits per heavy atom. The number of aliphatic hydroxyl groups is 2. The second-order valence-corrected chi connectivity index (χ2v) is 36.2. The summed E-state index contributed by atoms with van der Waals surface area (Å²) in [5.74, 6) is 2.66. The number of ether oxygens (including phenoxy) is 3. The Kier molecular flexibility index (Phi) is 24.4. The average molecular weight is 1530 g/mol. The number of rotatable bonds is 20. The van der Waals surface area contributed by atoms with Crippen LogP contribution in [0.25, 0.3) is 55.4 Å². The van der Waals surface area contributed by atoms with Crippen molar-refractivity contribution < 1.29 is 67.4 Å². The maximum Gasteiger partial charge on any atom is 0.337 e. The molecule has 580 valence electrons. The first-order chi connectivity index (χ1) is 52.9. The molecule has 2 aromatic heterocycles. The van der Waals surface area contributed by atoms with Gasteiger partial charge in [-0.1, -0.05) is 103 Å². The van der Waals surface area contributed by atoms with E-state index >= 15 is 0 Å². The lowest BCUT2D eigenvalue weighted by Crippen LogP contribution is -2.43. The molecule has 14 rings (SSSR count). The quantitative estimate of drug-likeness (QED) is 0.0118. The van der Waals surface area contributed by atoms with E-state index in [2.05, 4.69) is 87.2 Å². The highest BCUT2D eigenvalue weighted by molar-refractivity contribution is 6.74. The van der Waals surface area contributed by atoms with Crippen LogP contribution in [0.4, 0.5) is 11.4 Å². The van der Waals surface area contributed by atoms with Gasteiger partial charge >= 0.3 is 5.97 Å². The second-order valence-electron chi connectivity index (χ2n) is 31.4. The highest BCUT2D eigenvalue weighted by Gasteiger charge is 2.52. The number of carboxylic acid groups (broad SMARTS) is 1. The third-order valence-electron chi connectivity index (χ3n) is 22.0. The Morgan fingerprint density at radius 2 is 1.02 bits per heavy atom. The predicted molar refractivity (Wildman–Crippen MR) is 418 cm³/mol. The van der Waals surface area contributed by atoms with Crippen LogP contribution in [-0.4, -0.2) is 171 Å². The van der Waals surface area contributed by atoms with Crippen LogP contribution in [0.15, 0.2) is 123 Å². The number of amidine groups is 1. The van der Waals surface area contributed by atoms with Gasteiger partial charge in [0.1, 0.15) is 23.3 Å². The average Bonchev–Trinajstić information content (AvgIpc) is 1.59. The first-order valence-electron chi connectivity index (χ1n) is 37.5. The smallest absolute Gasteiger partial charge is 0.337 e. The van der Waals surface area contributed by atoms with Crippen LogP contribution in [0, 0.1) is 24.5 Å². The van der Waals surface area contributed by atoms with E-state index in [-0.39, 0.29) is 99.3 Å². The SMILES string of the molecule is CC(C)(C)[Si](C)(C)OCCN1CC2(CCc3c(C(N)=NO)cccc32)CC1=O.CC(C)Oc1ccc(C(=O)O)c(C#N)c1.[C-]#[N+]c1cc(OC(C)C)ccc1-c1nc(-c2cccc3c2CCC32CC(=O)N(CCO)C2)no1.[C-]#[N+]c1cc(OC(C)C)ccc1-c1nc(-c2cccc3c2CCC32CC(=O)N(CCO)C2)no1. The van der Waals surface area contributed by atoms with Crippen LogP contribution in [0.1, 0.15) is 156 Å². The van der Waals surface area contributed by atoms with Crippen molar-refractivity contribution in [3.05, 3.63) is 182 Å². The minimum Gasteiger partial charge on any atom is -0.492 e. The van der Waals surface area contributed by atoms with Crippen LogP contribution >= 0.6 is 0 Å². The van der Waals surface area contributed by atoms with E-state index in [1.54, 1.807) is 52.3 Å². The number of carbonyl (C=O) groups excluding carboxylic acids is 3. The highest BCUT2D eigenvalue weighted by atomic mass is 28.4. The number of oxime groups is 1. The fourth-order valence-electron chi connectivity index (χ4n) is 15.8. The number of benzene rings is 6. The number of carboxylic acids is 1. The molecule has 6 N–H and O–H groups in total. The molecule has 3 spiro atoms. The van der Waals surface area contributed by atoms with E-state index < -0.39 is 14.3 Å². The summed E-state index contributed by atoms with van der Waals surface area (Å²) in [6.07, 6.45) is 6.62. The lowest BCUT2D eigenvalue weighted by molar-refractivity contribution is -0.128. The number of aromatic nitrogens is 4. The topological polar surface area (TPSA) is 345 Å². The minimum absolute atomic E-state index is 0.00592. The fraction of sp³-hybridized carbons (Fsp3) is 0.429. The van der Waals surface area contributed by atoms with Crippen LogP contribution in [0.3, 0.4) is 0 Å². The number of nitrogens with two attached hydrogens (primary N) is 1. The summed E-state index contributed by atoms with van der Waals surface area (Å²) in [4.78, 5) is 70.5. The van der Waals surface area contributed by atoms with Crippen molar-refractivity contribution in [2.24, 2.45) is 10.9 Å². The first-order valence-corrected chi connectivity index (χ1v) is 40.4. The molecule has 0 radical (unpaired) electrons. The largest absolute Gasteiger partial charge is 0.492 e. The van der Waals surface area contributed by atoms with E-state index in [0.29, 0.717) is 110 Å². The number of fused-ring (bicyclic) bond motifs is 6. The summed E-state index contributed by atoms with van der Waals surface area (Å²) in [6, 6.07) is 34.7. The number of aromatic carboxylic acids is 1. The Balaban J connectivity index is 0.000000152. The van der Waals surface area contributed by atoms with Crippen LogP contribution < -0.4 is 19.9 Å². The standard InChI is InChI=1S/2C26H26N4O4.C21H33N3O3Si.C11H11NO3/c2*1-16(2)33-17-7-8-20(22(13-17)27-3)25-28-24(29-34-25)19-5-4-6-21-18(19)9-10-26(21)14-23(32)30(15-26)11-12-31;1-20(2,3)28(4,5)27-12-11-24-14-21(13-18(24)25)10-9-15-16(19(22)23-26)7-6-8-17(15)21;1-7(2)15-9-3-4-10(11(13)14)8(5-9)6-12/h2*4-8,13,16,31H,9-12,14-15H2,1-2H3;6-8,26H,9-14H2,1-5H3,(H2,22,23);3-5,7H,1-2H3,(H,13,14). The molecule has 26 nitrogen and oxygen atoms in total. The Morgan fingerprint density at radius 3 is 1.41 bits per heavy atom. The van der Waals surface area contributed by atoms with Crippen LogP contribution in [-0.2, 0) is 54.3 Å². The van der Waals surface area contributed by atoms with E-state index in [4.69, 9.17) is 62.1 Å². The summed E-state index contributed by atoms with van der Waals surface area (Å²) in [5.41, 5.74) is 16.7. The van der Waals surface area contributed by atoms with Gasteiger partial charge in [0.05, 0.1) is 62.4 Å². The van der Waals surface area contributed by atoms with Gasteiger partial charge in [-0.25, -0.2) is 14.5 Å². The van der Waals surface area contributed by atoms with E-state index in [0.717, 1.165) is 89.6 Å². The molecule has 8 aromatic rings. The molecule has 27 heteroatoms. The number of β-amino-alcohol motifs (C(OH)–C–C–N with tert-alkyl or cyclic N) is 2. The molecule has 3 unspecified atom stereocenters. The van der Waals surface area contributed by atoms with Crippen molar-refractivity contribution in [2.45, 2.75) is 173 Å². The number of aliphatic hydroxyl groups excluding tert-OH is 2. The van der Waals surface area contributed by atoms with Gasteiger partial charge in [-0.15, -0.1) is 0 Å². The molecule has 3 aliphatic heterocycles. The molecular formula is C84H96N12O14Si. The molecule has 111 heavy (non-hydrogen) atoms. The number of hydrogen-bond donors (Lipinski definition) is 5.